The molecule has 1 aromatic heterocycles. The van der Waals surface area contributed by atoms with Gasteiger partial charge in [-0.2, -0.15) is 0 Å². The molecule has 0 saturated heterocycles. The number of rotatable bonds is 2. The largest absolute Gasteiger partial charge is 0.436 e. The minimum absolute atomic E-state index is 0.458. The molecule has 0 fully saturated rings. The van der Waals surface area contributed by atoms with E-state index in [2.05, 4.69) is 32.6 Å². The highest BCUT2D eigenvalue weighted by atomic mass is 127. The Kier molecular flexibility index (Phi) is 3.83. The molecule has 6 heteroatoms. The number of halogens is 3. The number of hydrogen-bond donors (Lipinski definition) is 0. The first-order valence-electron chi connectivity index (χ1n) is 4.25. The maximum atomic E-state index is 5.97. The molecule has 0 amide bonds. The van der Waals surface area contributed by atoms with Crippen molar-refractivity contribution in [2.45, 2.75) is 0 Å². The fraction of sp³-hybridized carbons (Fsp3) is 0. The molecule has 0 N–H and O–H groups in total. The number of ether oxygens (including phenoxy) is 1. The monoisotopic (exact) mass is 366 g/mol. The molecule has 0 bridgehead atoms. The third-order valence-corrected chi connectivity index (χ3v) is 3.02. The Hall–Kier alpha value is -0.590. The molecule has 16 heavy (non-hydrogen) atoms. The normalized spacial score (nSPS) is 10.2. The average molecular weight is 367 g/mol. The molecule has 1 heterocycles. The zero-order valence-corrected chi connectivity index (χ0v) is 11.5. The highest BCUT2D eigenvalue weighted by Gasteiger charge is 2.07. The summed E-state index contributed by atoms with van der Waals surface area (Å²) in [7, 11) is 0. The van der Waals surface area contributed by atoms with Crippen molar-refractivity contribution in [3.63, 3.8) is 0 Å². The van der Waals surface area contributed by atoms with E-state index in [0.717, 1.165) is 3.57 Å². The molecule has 0 unspecified atom stereocenters. The predicted octanol–water partition coefficient (Wildman–Crippen LogP) is 4.18. The van der Waals surface area contributed by atoms with Gasteiger partial charge < -0.3 is 4.74 Å². The molecule has 0 aliphatic heterocycles. The fourth-order valence-electron chi connectivity index (χ4n) is 1.04. The van der Waals surface area contributed by atoms with Crippen LogP contribution in [0.5, 0.6) is 11.6 Å². The molecule has 0 atom stereocenters. The summed E-state index contributed by atoms with van der Waals surface area (Å²) in [6.45, 7) is 0. The van der Waals surface area contributed by atoms with Crippen molar-refractivity contribution >= 4 is 45.8 Å². The molecule has 2 rings (SSSR count). The van der Waals surface area contributed by atoms with Gasteiger partial charge in [0.1, 0.15) is 12.1 Å². The van der Waals surface area contributed by atoms with Gasteiger partial charge in [0.25, 0.3) is 0 Å². The Morgan fingerprint density at radius 3 is 2.81 bits per heavy atom. The Bertz CT molecular complexity index is 522. The predicted molar refractivity (Wildman–Crippen MR) is 71.3 cm³/mol. The highest BCUT2D eigenvalue weighted by Crippen LogP contribution is 2.32. The van der Waals surface area contributed by atoms with Crippen molar-refractivity contribution in [2.24, 2.45) is 0 Å². The van der Waals surface area contributed by atoms with Crippen LogP contribution in [0.4, 0.5) is 0 Å². The molecular weight excluding hydrogens is 362 g/mol. The van der Waals surface area contributed by atoms with Crippen LogP contribution in [-0.2, 0) is 0 Å². The van der Waals surface area contributed by atoms with Crippen LogP contribution in [0, 0.1) is 3.57 Å². The lowest BCUT2D eigenvalue weighted by Gasteiger charge is -2.07. The summed E-state index contributed by atoms with van der Waals surface area (Å²) in [4.78, 5) is 7.87. The Labute approximate surface area is 116 Å². The zero-order valence-electron chi connectivity index (χ0n) is 7.82. The highest BCUT2D eigenvalue weighted by molar-refractivity contribution is 14.1. The lowest BCUT2D eigenvalue weighted by atomic mass is 10.3. The molecule has 0 spiro atoms. The van der Waals surface area contributed by atoms with Crippen molar-refractivity contribution in [3.8, 4) is 11.6 Å². The van der Waals surface area contributed by atoms with Gasteiger partial charge in [-0.1, -0.05) is 23.2 Å². The van der Waals surface area contributed by atoms with Crippen molar-refractivity contribution in [1.29, 1.82) is 0 Å². The number of benzene rings is 1. The molecular formula is C10H5Cl2IN2O. The Morgan fingerprint density at radius 2 is 2.06 bits per heavy atom. The van der Waals surface area contributed by atoms with E-state index in [9.17, 15) is 0 Å². The van der Waals surface area contributed by atoms with Crippen molar-refractivity contribution in [3.05, 3.63) is 44.3 Å². The smallest absolute Gasteiger partial charge is 0.235 e. The van der Waals surface area contributed by atoms with E-state index in [1.54, 1.807) is 24.4 Å². The van der Waals surface area contributed by atoms with Crippen LogP contribution in [0.25, 0.3) is 0 Å². The molecule has 0 aliphatic rings. The number of hydrogen-bond acceptors (Lipinski definition) is 3. The van der Waals surface area contributed by atoms with E-state index in [1.165, 1.54) is 6.33 Å². The molecule has 1 aromatic carbocycles. The second-order valence-corrected chi connectivity index (χ2v) is 4.86. The molecule has 3 nitrogen and oxygen atoms in total. The SMILES string of the molecule is Clc1ccc(Cl)c(Oc2ncncc2I)c1. The van der Waals surface area contributed by atoms with E-state index in [0.29, 0.717) is 21.7 Å². The second-order valence-electron chi connectivity index (χ2n) is 2.85. The summed E-state index contributed by atoms with van der Waals surface area (Å²) in [5, 5.41) is 1.04. The van der Waals surface area contributed by atoms with E-state index in [1.807, 2.05) is 0 Å². The maximum absolute atomic E-state index is 5.97. The molecule has 82 valence electrons. The Morgan fingerprint density at radius 1 is 1.25 bits per heavy atom. The van der Waals surface area contributed by atoms with Crippen molar-refractivity contribution in [2.75, 3.05) is 0 Å². The molecule has 0 aliphatic carbocycles. The fourth-order valence-corrected chi connectivity index (χ4v) is 1.76. The average Bonchev–Trinajstić information content (AvgIpc) is 2.27. The summed E-state index contributed by atoms with van der Waals surface area (Å²) in [6.07, 6.45) is 3.07. The van der Waals surface area contributed by atoms with E-state index in [4.69, 9.17) is 27.9 Å². The zero-order chi connectivity index (χ0) is 11.5. The summed E-state index contributed by atoms with van der Waals surface area (Å²) in [5.41, 5.74) is 0. The summed E-state index contributed by atoms with van der Waals surface area (Å²) in [6, 6.07) is 5.01. The van der Waals surface area contributed by atoms with E-state index < -0.39 is 0 Å². The van der Waals surface area contributed by atoms with Crippen LogP contribution in [0.1, 0.15) is 0 Å². The minimum Gasteiger partial charge on any atom is -0.436 e. The molecule has 0 radical (unpaired) electrons. The maximum Gasteiger partial charge on any atom is 0.235 e. The number of aromatic nitrogens is 2. The summed E-state index contributed by atoms with van der Waals surface area (Å²) in [5.74, 6) is 0.936. The topological polar surface area (TPSA) is 35.0 Å². The minimum atomic E-state index is 0.458. The lowest BCUT2D eigenvalue weighted by molar-refractivity contribution is 0.458. The summed E-state index contributed by atoms with van der Waals surface area (Å²) < 4.78 is 6.35. The van der Waals surface area contributed by atoms with Crippen LogP contribution < -0.4 is 4.74 Å². The van der Waals surface area contributed by atoms with Gasteiger partial charge in [-0.15, -0.1) is 0 Å². The van der Waals surface area contributed by atoms with Crippen LogP contribution in [-0.4, -0.2) is 9.97 Å². The van der Waals surface area contributed by atoms with Crippen LogP contribution >= 0.6 is 45.8 Å². The number of nitrogens with zero attached hydrogens (tertiary/aromatic N) is 2. The van der Waals surface area contributed by atoms with Crippen LogP contribution in [0.15, 0.2) is 30.7 Å². The lowest BCUT2D eigenvalue weighted by Crippen LogP contribution is -1.92. The summed E-state index contributed by atoms with van der Waals surface area (Å²) >= 11 is 13.9. The van der Waals surface area contributed by atoms with Crippen LogP contribution in [0.2, 0.25) is 10.0 Å². The Balaban J connectivity index is 2.34. The first kappa shape index (κ1) is 11.9. The first-order valence-corrected chi connectivity index (χ1v) is 6.08. The molecule has 2 aromatic rings. The van der Waals surface area contributed by atoms with Crippen molar-refractivity contribution < 1.29 is 4.74 Å². The van der Waals surface area contributed by atoms with Gasteiger partial charge in [0.05, 0.1) is 8.59 Å². The van der Waals surface area contributed by atoms with Gasteiger partial charge in [0.15, 0.2) is 0 Å². The van der Waals surface area contributed by atoms with Gasteiger partial charge in [0, 0.05) is 17.3 Å². The van der Waals surface area contributed by atoms with Gasteiger partial charge in [-0.05, 0) is 34.7 Å². The van der Waals surface area contributed by atoms with Crippen LogP contribution in [0.3, 0.4) is 0 Å². The second kappa shape index (κ2) is 5.16. The van der Waals surface area contributed by atoms with Crippen molar-refractivity contribution in [1.82, 2.24) is 9.97 Å². The van der Waals surface area contributed by atoms with Gasteiger partial charge in [0.2, 0.25) is 5.88 Å². The van der Waals surface area contributed by atoms with Gasteiger partial charge >= 0.3 is 0 Å². The standard InChI is InChI=1S/C10H5Cl2IN2O/c11-6-1-2-7(12)9(3-6)16-10-8(13)4-14-5-15-10/h1-5H. The third-order valence-electron chi connectivity index (χ3n) is 1.73. The van der Waals surface area contributed by atoms with E-state index >= 15 is 0 Å². The quantitative estimate of drug-likeness (QED) is 0.748. The third kappa shape index (κ3) is 2.75. The van der Waals surface area contributed by atoms with Gasteiger partial charge in [-0.25, -0.2) is 9.97 Å². The first-order chi connectivity index (χ1) is 7.66. The van der Waals surface area contributed by atoms with E-state index in [-0.39, 0.29) is 0 Å². The van der Waals surface area contributed by atoms with Gasteiger partial charge in [-0.3, -0.25) is 0 Å². The molecule has 0 saturated carbocycles.